The van der Waals surface area contributed by atoms with Crippen LogP contribution in [-0.4, -0.2) is 18.5 Å². The Hall–Kier alpha value is -1.15. The van der Waals surface area contributed by atoms with Crippen molar-refractivity contribution >= 4 is 5.78 Å². The lowest BCUT2D eigenvalue weighted by atomic mass is 9.93. The molecule has 1 aromatic rings. The highest BCUT2D eigenvalue weighted by Gasteiger charge is 2.19. The summed E-state index contributed by atoms with van der Waals surface area (Å²) in [5.41, 5.74) is 4.83. The maximum atomic E-state index is 12.4. The van der Waals surface area contributed by atoms with Crippen LogP contribution >= 0.6 is 0 Å². The van der Waals surface area contributed by atoms with E-state index in [4.69, 9.17) is 4.74 Å². The van der Waals surface area contributed by atoms with Gasteiger partial charge in [0.15, 0.2) is 5.78 Å². The quantitative estimate of drug-likeness (QED) is 0.744. The van der Waals surface area contributed by atoms with Gasteiger partial charge in [-0.05, 0) is 50.8 Å². The van der Waals surface area contributed by atoms with Gasteiger partial charge in [0.2, 0.25) is 0 Å². The molecule has 1 rings (SSSR count). The molecule has 106 valence electrons. The van der Waals surface area contributed by atoms with E-state index >= 15 is 0 Å². The summed E-state index contributed by atoms with van der Waals surface area (Å²) in [7, 11) is 0. The zero-order valence-corrected chi connectivity index (χ0v) is 12.9. The van der Waals surface area contributed by atoms with Gasteiger partial charge in [-0.2, -0.15) is 0 Å². The zero-order chi connectivity index (χ0) is 14.4. The predicted octanol–water partition coefficient (Wildman–Crippen LogP) is 3.93. The lowest BCUT2D eigenvalue weighted by Gasteiger charge is -2.17. The number of hydrogen-bond donors (Lipinski definition) is 0. The normalized spacial score (nSPS) is 12.5. The van der Waals surface area contributed by atoms with Gasteiger partial charge in [0, 0.05) is 13.0 Å². The highest BCUT2D eigenvalue weighted by molar-refractivity contribution is 5.85. The average Bonchev–Trinajstić information content (AvgIpc) is 2.33. The van der Waals surface area contributed by atoms with Crippen LogP contribution in [0, 0.1) is 20.8 Å². The van der Waals surface area contributed by atoms with Crippen molar-refractivity contribution in [1.29, 1.82) is 0 Å². The zero-order valence-electron chi connectivity index (χ0n) is 12.9. The summed E-state index contributed by atoms with van der Waals surface area (Å²) < 4.78 is 5.57. The maximum absolute atomic E-state index is 12.4. The smallest absolute Gasteiger partial charge is 0.165 e. The van der Waals surface area contributed by atoms with Gasteiger partial charge in [0.25, 0.3) is 0 Å². The third kappa shape index (κ3) is 4.46. The summed E-state index contributed by atoms with van der Waals surface area (Å²) in [5.74, 6) is 0.207. The molecule has 0 aliphatic heterocycles. The summed E-state index contributed by atoms with van der Waals surface area (Å²) in [6.07, 6.45) is 2.04. The van der Waals surface area contributed by atoms with Crippen LogP contribution < -0.4 is 0 Å². The first-order valence-electron chi connectivity index (χ1n) is 7.20. The minimum absolute atomic E-state index is 0.207. The second-order valence-corrected chi connectivity index (χ2v) is 5.25. The van der Waals surface area contributed by atoms with E-state index in [1.54, 1.807) is 0 Å². The van der Waals surface area contributed by atoms with Gasteiger partial charge in [-0.1, -0.05) is 31.0 Å². The summed E-state index contributed by atoms with van der Waals surface area (Å²) in [6.45, 7) is 10.9. The van der Waals surface area contributed by atoms with E-state index < -0.39 is 0 Å². The van der Waals surface area contributed by atoms with Crippen molar-refractivity contribution in [3.63, 3.8) is 0 Å². The van der Waals surface area contributed by atoms with E-state index in [-0.39, 0.29) is 11.9 Å². The first-order chi connectivity index (χ1) is 8.99. The predicted molar refractivity (Wildman–Crippen MR) is 79.7 cm³/mol. The lowest BCUT2D eigenvalue weighted by Crippen LogP contribution is -2.26. The second-order valence-electron chi connectivity index (χ2n) is 5.25. The van der Waals surface area contributed by atoms with Crippen LogP contribution in [0.5, 0.6) is 0 Å². The molecule has 0 radical (unpaired) electrons. The van der Waals surface area contributed by atoms with Crippen LogP contribution in [0.15, 0.2) is 12.1 Å². The number of rotatable bonds is 7. The summed E-state index contributed by atoms with van der Waals surface area (Å²) in [4.78, 5) is 12.4. The van der Waals surface area contributed by atoms with Gasteiger partial charge in [-0.15, -0.1) is 0 Å². The van der Waals surface area contributed by atoms with Gasteiger partial charge in [0.1, 0.15) is 6.10 Å². The summed E-state index contributed by atoms with van der Waals surface area (Å²) in [6, 6.07) is 4.29. The number of hydrogen-bond acceptors (Lipinski definition) is 2. The Kier molecular flexibility index (Phi) is 6.23. The van der Waals surface area contributed by atoms with Crippen molar-refractivity contribution in [3.8, 4) is 0 Å². The topological polar surface area (TPSA) is 26.3 Å². The number of carbonyl (C=O) groups is 1. The standard InChI is InChI=1S/C17H26O2/c1-6-8-17(19-7-2)16(18)11-15-13(4)9-12(3)10-14(15)5/h9-10,17H,6-8,11H2,1-5H3. The summed E-state index contributed by atoms with van der Waals surface area (Å²) in [5, 5.41) is 0. The molecule has 1 aromatic carbocycles. The molecule has 0 amide bonds. The first kappa shape index (κ1) is 15.9. The Morgan fingerprint density at radius 1 is 1.16 bits per heavy atom. The molecule has 0 N–H and O–H groups in total. The molecule has 19 heavy (non-hydrogen) atoms. The summed E-state index contributed by atoms with van der Waals surface area (Å²) >= 11 is 0. The number of ether oxygens (including phenoxy) is 1. The third-order valence-corrected chi connectivity index (χ3v) is 3.47. The van der Waals surface area contributed by atoms with Crippen molar-refractivity contribution in [1.82, 2.24) is 0 Å². The SMILES string of the molecule is CCCC(OCC)C(=O)Cc1c(C)cc(C)cc1C. The van der Waals surface area contributed by atoms with Gasteiger partial charge in [-0.3, -0.25) is 4.79 Å². The molecule has 2 heteroatoms. The van der Waals surface area contributed by atoms with Crippen molar-refractivity contribution in [2.24, 2.45) is 0 Å². The number of Topliss-reactive ketones (excluding diaryl/α,β-unsaturated/α-hetero) is 1. The molecule has 0 aromatic heterocycles. The maximum Gasteiger partial charge on any atom is 0.165 e. The minimum Gasteiger partial charge on any atom is -0.371 e. The molecule has 0 fully saturated rings. The van der Waals surface area contributed by atoms with Crippen LogP contribution in [0.2, 0.25) is 0 Å². The number of benzene rings is 1. The molecule has 2 nitrogen and oxygen atoms in total. The van der Waals surface area contributed by atoms with Gasteiger partial charge in [0.05, 0.1) is 0 Å². The molecule has 0 saturated heterocycles. The average molecular weight is 262 g/mol. The molecule has 0 heterocycles. The van der Waals surface area contributed by atoms with Crippen LogP contribution in [0.1, 0.15) is 48.9 Å². The van der Waals surface area contributed by atoms with Crippen molar-refractivity contribution in [3.05, 3.63) is 34.4 Å². The van der Waals surface area contributed by atoms with E-state index in [9.17, 15) is 4.79 Å². The van der Waals surface area contributed by atoms with Gasteiger partial charge >= 0.3 is 0 Å². The fourth-order valence-corrected chi connectivity index (χ4v) is 2.58. The van der Waals surface area contributed by atoms with E-state index in [0.29, 0.717) is 13.0 Å². The van der Waals surface area contributed by atoms with E-state index in [0.717, 1.165) is 18.4 Å². The van der Waals surface area contributed by atoms with E-state index in [1.165, 1.54) is 16.7 Å². The van der Waals surface area contributed by atoms with Crippen molar-refractivity contribution < 1.29 is 9.53 Å². The molecular formula is C17H26O2. The molecule has 0 aliphatic carbocycles. The third-order valence-electron chi connectivity index (χ3n) is 3.47. The van der Waals surface area contributed by atoms with Crippen LogP contribution in [0.4, 0.5) is 0 Å². The monoisotopic (exact) mass is 262 g/mol. The van der Waals surface area contributed by atoms with Gasteiger partial charge < -0.3 is 4.74 Å². The van der Waals surface area contributed by atoms with Crippen LogP contribution in [-0.2, 0) is 16.0 Å². The molecule has 1 unspecified atom stereocenters. The molecule has 1 atom stereocenters. The Morgan fingerprint density at radius 2 is 1.74 bits per heavy atom. The Bertz CT molecular complexity index is 406. The molecule has 0 aliphatic rings. The molecule has 0 bridgehead atoms. The fraction of sp³-hybridized carbons (Fsp3) is 0.588. The Balaban J connectivity index is 2.86. The molecule has 0 spiro atoms. The number of ketones is 1. The van der Waals surface area contributed by atoms with Crippen LogP contribution in [0.25, 0.3) is 0 Å². The Morgan fingerprint density at radius 3 is 2.21 bits per heavy atom. The van der Waals surface area contributed by atoms with E-state index in [2.05, 4.69) is 39.8 Å². The largest absolute Gasteiger partial charge is 0.371 e. The van der Waals surface area contributed by atoms with Crippen molar-refractivity contribution in [2.45, 2.75) is 60.0 Å². The highest BCUT2D eigenvalue weighted by atomic mass is 16.5. The molecule has 0 saturated carbocycles. The van der Waals surface area contributed by atoms with Crippen LogP contribution in [0.3, 0.4) is 0 Å². The second kappa shape index (κ2) is 7.44. The Labute approximate surface area is 117 Å². The van der Waals surface area contributed by atoms with E-state index in [1.807, 2.05) is 6.92 Å². The number of aryl methyl sites for hydroxylation is 3. The van der Waals surface area contributed by atoms with Crippen molar-refractivity contribution in [2.75, 3.05) is 6.61 Å². The fourth-order valence-electron chi connectivity index (χ4n) is 2.58. The lowest BCUT2D eigenvalue weighted by molar-refractivity contribution is -0.130. The first-order valence-corrected chi connectivity index (χ1v) is 7.20. The molecular weight excluding hydrogens is 236 g/mol. The van der Waals surface area contributed by atoms with Gasteiger partial charge in [-0.25, -0.2) is 0 Å². The number of carbonyl (C=O) groups excluding carboxylic acids is 1. The highest BCUT2D eigenvalue weighted by Crippen LogP contribution is 2.19. The minimum atomic E-state index is -0.241.